The Morgan fingerprint density at radius 3 is 2.53 bits per heavy atom. The predicted molar refractivity (Wildman–Crippen MR) is 118 cm³/mol. The van der Waals surface area contributed by atoms with Crippen LogP contribution in [0.25, 0.3) is 0 Å². The van der Waals surface area contributed by atoms with E-state index in [4.69, 9.17) is 4.74 Å². The summed E-state index contributed by atoms with van der Waals surface area (Å²) in [4.78, 5) is 29.6. The second-order valence-corrected chi connectivity index (χ2v) is 8.07. The normalized spacial score (nSPS) is 19.1. The molecule has 2 heterocycles. The predicted octanol–water partition coefficient (Wildman–Crippen LogP) is 3.38. The first-order valence-corrected chi connectivity index (χ1v) is 10.7. The van der Waals surface area contributed by atoms with Crippen LogP contribution in [-0.4, -0.2) is 55.6 Å². The van der Waals surface area contributed by atoms with Gasteiger partial charge in [-0.2, -0.15) is 0 Å². The Labute approximate surface area is 177 Å². The van der Waals surface area contributed by atoms with Gasteiger partial charge in [-0.1, -0.05) is 18.2 Å². The number of aryl methyl sites for hydroxylation is 1. The number of anilines is 2. The number of benzene rings is 2. The highest BCUT2D eigenvalue weighted by molar-refractivity contribution is 5.98. The Hall–Kier alpha value is -2.86. The van der Waals surface area contributed by atoms with Gasteiger partial charge >= 0.3 is 0 Å². The molecule has 30 heavy (non-hydrogen) atoms. The maximum atomic E-state index is 13.0. The molecular formula is C24H29N3O3. The summed E-state index contributed by atoms with van der Waals surface area (Å²) < 4.78 is 5.43. The molecule has 2 saturated heterocycles. The van der Waals surface area contributed by atoms with E-state index >= 15 is 0 Å². The highest BCUT2D eigenvalue weighted by atomic mass is 16.5. The minimum Gasteiger partial charge on any atom is -0.368 e. The van der Waals surface area contributed by atoms with Crippen LogP contribution in [0.4, 0.5) is 11.4 Å². The van der Waals surface area contributed by atoms with Crippen molar-refractivity contribution in [3.63, 3.8) is 0 Å². The second-order valence-electron chi connectivity index (χ2n) is 8.07. The molecule has 2 fully saturated rings. The molecular weight excluding hydrogens is 378 g/mol. The molecule has 2 aliphatic heterocycles. The largest absolute Gasteiger partial charge is 0.368 e. The third-order valence-electron chi connectivity index (χ3n) is 6.08. The highest BCUT2D eigenvalue weighted by Crippen LogP contribution is 2.24. The van der Waals surface area contributed by atoms with Gasteiger partial charge in [-0.15, -0.1) is 0 Å². The summed E-state index contributed by atoms with van der Waals surface area (Å²) in [5, 5.41) is 2.88. The second kappa shape index (κ2) is 8.88. The molecule has 2 aromatic rings. The molecule has 0 spiro atoms. The first-order valence-electron chi connectivity index (χ1n) is 10.7. The average molecular weight is 408 g/mol. The quantitative estimate of drug-likeness (QED) is 0.844. The number of piperazine rings is 1. The van der Waals surface area contributed by atoms with Crippen LogP contribution in [0.5, 0.6) is 0 Å². The molecule has 158 valence electrons. The number of nitrogens with zero attached hydrogens (tertiary/aromatic N) is 2. The fourth-order valence-electron chi connectivity index (χ4n) is 4.15. The van der Waals surface area contributed by atoms with Crippen molar-refractivity contribution in [3.05, 3.63) is 59.2 Å². The molecule has 6 nitrogen and oxygen atoms in total. The fraction of sp³-hybridized carbons (Fsp3) is 0.417. The summed E-state index contributed by atoms with van der Waals surface area (Å²) >= 11 is 0. The molecule has 0 radical (unpaired) electrons. The minimum atomic E-state index is -0.387. The van der Waals surface area contributed by atoms with E-state index in [1.165, 1.54) is 16.8 Å². The number of ether oxygens (including phenoxy) is 1. The van der Waals surface area contributed by atoms with Gasteiger partial charge < -0.3 is 19.9 Å². The molecule has 2 aliphatic rings. The smallest absolute Gasteiger partial charge is 0.254 e. The maximum Gasteiger partial charge on any atom is 0.254 e. The standard InChI is InChI=1S/C24H29N3O3/c1-17-6-3-9-21(18(17)2)26-11-13-27(14-12-26)24(29)19-7-4-8-20(16-19)25-23(28)22-10-5-15-30-22/h3-4,6-9,16,22H,5,10-15H2,1-2H3,(H,25,28). The van der Waals surface area contributed by atoms with Crippen molar-refractivity contribution in [2.24, 2.45) is 0 Å². The zero-order valence-electron chi connectivity index (χ0n) is 17.7. The summed E-state index contributed by atoms with van der Waals surface area (Å²) in [6.45, 7) is 7.89. The van der Waals surface area contributed by atoms with Gasteiger partial charge in [-0.05, 0) is 62.1 Å². The molecule has 0 bridgehead atoms. The van der Waals surface area contributed by atoms with Crippen LogP contribution in [0.3, 0.4) is 0 Å². The molecule has 1 atom stereocenters. The number of carbonyl (C=O) groups is 2. The number of carbonyl (C=O) groups excluding carboxylic acids is 2. The van der Waals surface area contributed by atoms with Crippen molar-refractivity contribution in [3.8, 4) is 0 Å². The Kier molecular flexibility index (Phi) is 6.04. The Morgan fingerprint density at radius 2 is 1.80 bits per heavy atom. The molecule has 0 aromatic heterocycles. The summed E-state index contributed by atoms with van der Waals surface area (Å²) in [6, 6.07) is 13.6. The van der Waals surface area contributed by atoms with Crippen molar-refractivity contribution in [1.82, 2.24) is 4.90 Å². The molecule has 2 aromatic carbocycles. The number of hydrogen-bond donors (Lipinski definition) is 1. The lowest BCUT2D eigenvalue weighted by Crippen LogP contribution is -2.49. The van der Waals surface area contributed by atoms with Crippen molar-refractivity contribution in [2.75, 3.05) is 43.0 Å². The van der Waals surface area contributed by atoms with E-state index in [2.05, 4.69) is 42.3 Å². The lowest BCUT2D eigenvalue weighted by molar-refractivity contribution is -0.124. The van der Waals surface area contributed by atoms with E-state index in [0.717, 1.165) is 25.9 Å². The van der Waals surface area contributed by atoms with Crippen molar-refractivity contribution in [1.29, 1.82) is 0 Å². The lowest BCUT2D eigenvalue weighted by atomic mass is 10.1. The van der Waals surface area contributed by atoms with Gasteiger partial charge in [-0.25, -0.2) is 0 Å². The minimum absolute atomic E-state index is 0.00355. The first kappa shape index (κ1) is 20.4. The molecule has 1 N–H and O–H groups in total. The van der Waals surface area contributed by atoms with E-state index in [-0.39, 0.29) is 17.9 Å². The first-order chi connectivity index (χ1) is 14.5. The van der Waals surface area contributed by atoms with E-state index in [1.54, 1.807) is 12.1 Å². The van der Waals surface area contributed by atoms with Gasteiger partial charge in [0.05, 0.1) is 0 Å². The van der Waals surface area contributed by atoms with Gasteiger partial charge in [0, 0.05) is 49.7 Å². The van der Waals surface area contributed by atoms with Crippen LogP contribution < -0.4 is 10.2 Å². The molecule has 0 aliphatic carbocycles. The SMILES string of the molecule is Cc1cccc(N2CCN(C(=O)c3cccc(NC(=O)C4CCCO4)c3)CC2)c1C. The van der Waals surface area contributed by atoms with Crippen LogP contribution >= 0.6 is 0 Å². The topological polar surface area (TPSA) is 61.9 Å². The van der Waals surface area contributed by atoms with E-state index in [9.17, 15) is 9.59 Å². The number of rotatable bonds is 4. The molecule has 6 heteroatoms. The Bertz CT molecular complexity index is 929. The van der Waals surface area contributed by atoms with Crippen LogP contribution in [0.1, 0.15) is 34.3 Å². The van der Waals surface area contributed by atoms with Gasteiger partial charge in [0.15, 0.2) is 0 Å². The average Bonchev–Trinajstić information content (AvgIpc) is 3.31. The summed E-state index contributed by atoms with van der Waals surface area (Å²) in [5.41, 5.74) is 5.07. The zero-order chi connectivity index (χ0) is 21.1. The lowest BCUT2D eigenvalue weighted by Gasteiger charge is -2.37. The fourth-order valence-corrected chi connectivity index (χ4v) is 4.15. The van der Waals surface area contributed by atoms with E-state index in [1.807, 2.05) is 17.0 Å². The van der Waals surface area contributed by atoms with Crippen LogP contribution in [0.15, 0.2) is 42.5 Å². The van der Waals surface area contributed by atoms with Gasteiger partial charge in [0.2, 0.25) is 0 Å². The third kappa shape index (κ3) is 4.33. The van der Waals surface area contributed by atoms with Crippen LogP contribution in [-0.2, 0) is 9.53 Å². The van der Waals surface area contributed by atoms with E-state index < -0.39 is 0 Å². The monoisotopic (exact) mass is 407 g/mol. The molecule has 2 amide bonds. The number of nitrogens with one attached hydrogen (secondary N) is 1. The Morgan fingerprint density at radius 1 is 1.03 bits per heavy atom. The molecule has 1 unspecified atom stereocenters. The van der Waals surface area contributed by atoms with Crippen LogP contribution in [0, 0.1) is 13.8 Å². The molecule has 4 rings (SSSR count). The van der Waals surface area contributed by atoms with Gasteiger partial charge in [0.25, 0.3) is 11.8 Å². The van der Waals surface area contributed by atoms with Crippen molar-refractivity contribution in [2.45, 2.75) is 32.8 Å². The van der Waals surface area contributed by atoms with Gasteiger partial charge in [-0.3, -0.25) is 9.59 Å². The third-order valence-corrected chi connectivity index (χ3v) is 6.08. The molecule has 0 saturated carbocycles. The van der Waals surface area contributed by atoms with Crippen molar-refractivity contribution < 1.29 is 14.3 Å². The van der Waals surface area contributed by atoms with Crippen LogP contribution in [0.2, 0.25) is 0 Å². The Balaban J connectivity index is 1.38. The van der Waals surface area contributed by atoms with E-state index in [0.29, 0.717) is 30.9 Å². The summed E-state index contributed by atoms with van der Waals surface area (Å²) in [6.07, 6.45) is 1.27. The summed E-state index contributed by atoms with van der Waals surface area (Å²) in [5.74, 6) is -0.136. The van der Waals surface area contributed by atoms with Gasteiger partial charge in [0.1, 0.15) is 6.10 Å². The number of hydrogen-bond acceptors (Lipinski definition) is 4. The highest BCUT2D eigenvalue weighted by Gasteiger charge is 2.25. The number of amides is 2. The zero-order valence-corrected chi connectivity index (χ0v) is 17.7. The van der Waals surface area contributed by atoms with Crippen molar-refractivity contribution >= 4 is 23.2 Å². The maximum absolute atomic E-state index is 13.0. The summed E-state index contributed by atoms with van der Waals surface area (Å²) in [7, 11) is 0.